The van der Waals surface area contributed by atoms with E-state index < -0.39 is 0 Å². The number of nitriles is 1. The first-order valence-corrected chi connectivity index (χ1v) is 4.80. The number of rotatable bonds is 1. The average molecular weight is 204 g/mol. The zero-order chi connectivity index (χ0) is 10.7. The van der Waals surface area contributed by atoms with E-state index in [-0.39, 0.29) is 0 Å². The maximum Gasteiger partial charge on any atom is 0.132 e. The molecule has 1 aromatic rings. The topological polar surface area (TPSA) is 75.2 Å². The molecule has 0 radical (unpaired) electrons. The smallest absolute Gasteiger partial charge is 0.132 e. The molecule has 5 heteroatoms. The lowest BCUT2D eigenvalue weighted by Crippen LogP contribution is -2.36. The second-order valence-corrected chi connectivity index (χ2v) is 3.35. The summed E-state index contributed by atoms with van der Waals surface area (Å²) < 4.78 is 5.24. The number of nitrogens with zero attached hydrogens (tertiary/aromatic N) is 3. The molecule has 1 aromatic heterocycles. The molecular weight excluding hydrogens is 192 g/mol. The van der Waals surface area contributed by atoms with E-state index in [4.69, 9.17) is 15.7 Å². The number of pyridine rings is 1. The van der Waals surface area contributed by atoms with Gasteiger partial charge in [0.2, 0.25) is 0 Å². The van der Waals surface area contributed by atoms with Crippen LogP contribution in [0, 0.1) is 11.3 Å². The van der Waals surface area contributed by atoms with Crippen molar-refractivity contribution in [3.63, 3.8) is 0 Å². The Balaban J connectivity index is 2.27. The molecule has 2 N–H and O–H groups in total. The van der Waals surface area contributed by atoms with Crippen molar-refractivity contribution in [3.8, 4) is 6.07 Å². The third-order valence-electron chi connectivity index (χ3n) is 2.30. The van der Waals surface area contributed by atoms with E-state index in [1.54, 1.807) is 12.1 Å². The van der Waals surface area contributed by atoms with Gasteiger partial charge in [0.1, 0.15) is 11.6 Å². The van der Waals surface area contributed by atoms with Crippen molar-refractivity contribution in [2.45, 2.75) is 0 Å². The molecule has 1 fully saturated rings. The lowest BCUT2D eigenvalue weighted by molar-refractivity contribution is 0.122. The first-order chi connectivity index (χ1) is 7.29. The SMILES string of the molecule is N#Cc1cc(N)nc(N2CCOCC2)c1. The summed E-state index contributed by atoms with van der Waals surface area (Å²) in [5, 5.41) is 8.81. The Kier molecular flexibility index (Phi) is 2.70. The lowest BCUT2D eigenvalue weighted by Gasteiger charge is -2.27. The number of morpholine rings is 1. The maximum absolute atomic E-state index is 8.81. The highest BCUT2D eigenvalue weighted by Gasteiger charge is 2.13. The Bertz CT molecular complexity index is 393. The predicted octanol–water partition coefficient (Wildman–Crippen LogP) is 0.372. The fourth-order valence-electron chi connectivity index (χ4n) is 1.56. The van der Waals surface area contributed by atoms with Crippen LogP contribution in [0.4, 0.5) is 11.6 Å². The Labute approximate surface area is 88.1 Å². The van der Waals surface area contributed by atoms with Gasteiger partial charge >= 0.3 is 0 Å². The van der Waals surface area contributed by atoms with Gasteiger partial charge < -0.3 is 15.4 Å². The van der Waals surface area contributed by atoms with E-state index in [1.807, 2.05) is 0 Å². The van der Waals surface area contributed by atoms with Crippen LogP contribution in [0.1, 0.15) is 5.56 Å². The van der Waals surface area contributed by atoms with Gasteiger partial charge in [0.05, 0.1) is 24.8 Å². The Morgan fingerprint density at radius 1 is 1.40 bits per heavy atom. The number of hydrogen-bond acceptors (Lipinski definition) is 5. The van der Waals surface area contributed by atoms with Gasteiger partial charge in [0.25, 0.3) is 0 Å². The van der Waals surface area contributed by atoms with E-state index in [1.165, 1.54) is 0 Å². The molecule has 0 saturated carbocycles. The van der Waals surface area contributed by atoms with Gasteiger partial charge in [-0.15, -0.1) is 0 Å². The zero-order valence-corrected chi connectivity index (χ0v) is 8.31. The minimum absolute atomic E-state index is 0.385. The van der Waals surface area contributed by atoms with Crippen LogP contribution in [0.3, 0.4) is 0 Å². The second-order valence-electron chi connectivity index (χ2n) is 3.35. The zero-order valence-electron chi connectivity index (χ0n) is 8.31. The van der Waals surface area contributed by atoms with Crippen molar-refractivity contribution >= 4 is 11.6 Å². The standard InChI is InChI=1S/C10H12N4O/c11-7-8-5-9(12)13-10(6-8)14-1-3-15-4-2-14/h5-6H,1-4H2,(H2,12,13). The minimum Gasteiger partial charge on any atom is -0.384 e. The summed E-state index contributed by atoms with van der Waals surface area (Å²) in [7, 11) is 0. The molecule has 0 atom stereocenters. The third-order valence-corrected chi connectivity index (χ3v) is 2.30. The fourth-order valence-corrected chi connectivity index (χ4v) is 1.56. The van der Waals surface area contributed by atoms with Crippen LogP contribution in [0.25, 0.3) is 0 Å². The van der Waals surface area contributed by atoms with Crippen molar-refractivity contribution in [2.24, 2.45) is 0 Å². The van der Waals surface area contributed by atoms with Crippen molar-refractivity contribution in [1.82, 2.24) is 4.98 Å². The molecule has 0 unspecified atom stereocenters. The molecule has 1 aliphatic heterocycles. The molecule has 1 aliphatic rings. The molecule has 0 amide bonds. The molecule has 2 heterocycles. The van der Waals surface area contributed by atoms with Gasteiger partial charge in [-0.05, 0) is 12.1 Å². The van der Waals surface area contributed by atoms with E-state index in [0.29, 0.717) is 24.6 Å². The summed E-state index contributed by atoms with van der Waals surface area (Å²) in [6.07, 6.45) is 0. The molecule has 0 spiro atoms. The van der Waals surface area contributed by atoms with Crippen LogP contribution in [-0.2, 0) is 4.74 Å². The Hall–Kier alpha value is -1.80. The van der Waals surface area contributed by atoms with Gasteiger partial charge in [0.15, 0.2) is 0 Å². The highest BCUT2D eigenvalue weighted by Crippen LogP contribution is 2.16. The molecular formula is C10H12N4O. The van der Waals surface area contributed by atoms with Crippen LogP contribution in [-0.4, -0.2) is 31.3 Å². The third kappa shape index (κ3) is 2.17. The monoisotopic (exact) mass is 204 g/mol. The molecule has 0 bridgehead atoms. The Morgan fingerprint density at radius 2 is 2.13 bits per heavy atom. The van der Waals surface area contributed by atoms with Crippen molar-refractivity contribution < 1.29 is 4.74 Å². The summed E-state index contributed by atoms with van der Waals surface area (Å²) in [5.41, 5.74) is 6.17. The molecule has 5 nitrogen and oxygen atoms in total. The summed E-state index contributed by atoms with van der Waals surface area (Å²) in [5.74, 6) is 1.14. The second kappa shape index (κ2) is 4.15. The summed E-state index contributed by atoms with van der Waals surface area (Å²) >= 11 is 0. The lowest BCUT2D eigenvalue weighted by atomic mass is 10.2. The van der Waals surface area contributed by atoms with Crippen molar-refractivity contribution in [3.05, 3.63) is 17.7 Å². The van der Waals surface area contributed by atoms with E-state index in [9.17, 15) is 0 Å². The van der Waals surface area contributed by atoms with Crippen LogP contribution in [0.5, 0.6) is 0 Å². The largest absolute Gasteiger partial charge is 0.384 e. The molecule has 78 valence electrons. The molecule has 0 aromatic carbocycles. The highest BCUT2D eigenvalue weighted by atomic mass is 16.5. The van der Waals surface area contributed by atoms with Crippen LogP contribution >= 0.6 is 0 Å². The molecule has 1 saturated heterocycles. The predicted molar refractivity (Wildman–Crippen MR) is 56.4 cm³/mol. The number of hydrogen-bond donors (Lipinski definition) is 1. The summed E-state index contributed by atoms with van der Waals surface area (Å²) in [4.78, 5) is 6.27. The molecule has 15 heavy (non-hydrogen) atoms. The van der Waals surface area contributed by atoms with E-state index >= 15 is 0 Å². The van der Waals surface area contributed by atoms with E-state index in [2.05, 4.69) is 16.0 Å². The summed E-state index contributed by atoms with van der Waals surface area (Å²) in [6, 6.07) is 5.39. The van der Waals surface area contributed by atoms with Crippen LogP contribution in [0.2, 0.25) is 0 Å². The van der Waals surface area contributed by atoms with Crippen LogP contribution in [0.15, 0.2) is 12.1 Å². The van der Waals surface area contributed by atoms with E-state index in [0.717, 1.165) is 18.9 Å². The Morgan fingerprint density at radius 3 is 2.80 bits per heavy atom. The van der Waals surface area contributed by atoms with Gasteiger partial charge in [-0.3, -0.25) is 0 Å². The van der Waals surface area contributed by atoms with Crippen molar-refractivity contribution in [1.29, 1.82) is 5.26 Å². The van der Waals surface area contributed by atoms with Gasteiger partial charge in [-0.1, -0.05) is 0 Å². The maximum atomic E-state index is 8.81. The number of aromatic nitrogens is 1. The number of nitrogens with two attached hydrogens (primary N) is 1. The number of nitrogen functional groups attached to an aromatic ring is 1. The minimum atomic E-state index is 0.385. The van der Waals surface area contributed by atoms with Gasteiger partial charge in [0, 0.05) is 13.1 Å². The number of ether oxygens (including phenoxy) is 1. The quantitative estimate of drug-likeness (QED) is 0.715. The normalized spacial score (nSPS) is 16.1. The van der Waals surface area contributed by atoms with Gasteiger partial charge in [-0.2, -0.15) is 5.26 Å². The first kappa shape index (κ1) is 9.74. The molecule has 0 aliphatic carbocycles. The highest BCUT2D eigenvalue weighted by molar-refractivity contribution is 5.52. The average Bonchev–Trinajstić information content (AvgIpc) is 2.29. The molecule has 2 rings (SSSR count). The van der Waals surface area contributed by atoms with Crippen LogP contribution < -0.4 is 10.6 Å². The summed E-state index contributed by atoms with van der Waals surface area (Å²) in [6.45, 7) is 2.97. The fraction of sp³-hybridized carbons (Fsp3) is 0.400. The number of anilines is 2. The first-order valence-electron chi connectivity index (χ1n) is 4.80. The van der Waals surface area contributed by atoms with Gasteiger partial charge in [-0.25, -0.2) is 4.98 Å². The van der Waals surface area contributed by atoms with Crippen molar-refractivity contribution in [2.75, 3.05) is 36.9 Å².